The predicted molar refractivity (Wildman–Crippen MR) is 96.3 cm³/mol. The molecule has 2 atom stereocenters. The molecule has 0 unspecified atom stereocenters. The lowest BCUT2D eigenvalue weighted by Crippen LogP contribution is -2.44. The Bertz CT molecular complexity index is 761. The minimum atomic E-state index is -0.310. The third-order valence-electron chi connectivity index (χ3n) is 4.70. The molecule has 5 nitrogen and oxygen atoms in total. The highest BCUT2D eigenvalue weighted by molar-refractivity contribution is 5.95. The number of likely N-dealkylation sites (tertiary alicyclic amines) is 1. The first kappa shape index (κ1) is 17.0. The minimum Gasteiger partial charge on any atom is -0.495 e. The Balaban J connectivity index is 1.88. The molecule has 2 aromatic rings. The maximum Gasteiger partial charge on any atom is 0.230 e. The molecule has 0 aliphatic carbocycles. The zero-order valence-corrected chi connectivity index (χ0v) is 14.4. The van der Waals surface area contributed by atoms with Crippen LogP contribution >= 0.6 is 0 Å². The van der Waals surface area contributed by atoms with E-state index in [0.29, 0.717) is 24.3 Å². The first-order chi connectivity index (χ1) is 12.1. The summed E-state index contributed by atoms with van der Waals surface area (Å²) >= 11 is 0. The van der Waals surface area contributed by atoms with Crippen LogP contribution in [0.2, 0.25) is 0 Å². The van der Waals surface area contributed by atoms with E-state index in [-0.39, 0.29) is 23.8 Å². The second-order valence-corrected chi connectivity index (χ2v) is 6.19. The van der Waals surface area contributed by atoms with Gasteiger partial charge in [0.2, 0.25) is 11.8 Å². The van der Waals surface area contributed by atoms with Crippen molar-refractivity contribution in [2.24, 2.45) is 5.92 Å². The Kier molecular flexibility index (Phi) is 5.03. The van der Waals surface area contributed by atoms with E-state index >= 15 is 0 Å². The van der Waals surface area contributed by atoms with Gasteiger partial charge in [-0.2, -0.15) is 0 Å². The summed E-state index contributed by atoms with van der Waals surface area (Å²) in [7, 11) is 3.34. The van der Waals surface area contributed by atoms with Gasteiger partial charge in [0.05, 0.1) is 24.8 Å². The van der Waals surface area contributed by atoms with Crippen LogP contribution in [0, 0.1) is 5.92 Å². The van der Waals surface area contributed by atoms with E-state index in [1.54, 1.807) is 25.1 Å². The highest BCUT2D eigenvalue weighted by Crippen LogP contribution is 2.37. The van der Waals surface area contributed by atoms with Crippen molar-refractivity contribution in [1.29, 1.82) is 0 Å². The summed E-state index contributed by atoms with van der Waals surface area (Å²) in [4.78, 5) is 26.8. The summed E-state index contributed by atoms with van der Waals surface area (Å²) in [5, 5.41) is 2.96. The lowest BCUT2D eigenvalue weighted by Gasteiger charge is -2.38. The smallest absolute Gasteiger partial charge is 0.230 e. The summed E-state index contributed by atoms with van der Waals surface area (Å²) in [6.45, 7) is 0. The van der Waals surface area contributed by atoms with E-state index in [1.807, 2.05) is 48.5 Å². The van der Waals surface area contributed by atoms with Crippen molar-refractivity contribution in [2.75, 3.05) is 19.5 Å². The van der Waals surface area contributed by atoms with Crippen LogP contribution in [0.5, 0.6) is 5.75 Å². The first-order valence-electron chi connectivity index (χ1n) is 8.36. The van der Waals surface area contributed by atoms with Crippen LogP contribution < -0.4 is 10.1 Å². The van der Waals surface area contributed by atoms with E-state index in [1.165, 1.54) is 0 Å². The molecule has 0 bridgehead atoms. The molecular formula is C20H22N2O3. The molecule has 2 aromatic carbocycles. The molecule has 1 N–H and O–H groups in total. The number of piperidine rings is 1. The van der Waals surface area contributed by atoms with Crippen molar-refractivity contribution in [3.63, 3.8) is 0 Å². The van der Waals surface area contributed by atoms with Gasteiger partial charge in [-0.3, -0.25) is 9.59 Å². The highest BCUT2D eigenvalue weighted by Gasteiger charge is 2.38. The molecule has 1 heterocycles. The fourth-order valence-electron chi connectivity index (χ4n) is 3.39. The number of hydrogen-bond donors (Lipinski definition) is 1. The quantitative estimate of drug-likeness (QED) is 0.931. The molecule has 0 saturated carbocycles. The van der Waals surface area contributed by atoms with E-state index in [2.05, 4.69) is 5.32 Å². The Morgan fingerprint density at radius 2 is 1.80 bits per heavy atom. The van der Waals surface area contributed by atoms with Crippen molar-refractivity contribution in [1.82, 2.24) is 4.90 Å². The highest BCUT2D eigenvalue weighted by atomic mass is 16.5. The van der Waals surface area contributed by atoms with Crippen molar-refractivity contribution >= 4 is 17.5 Å². The number of benzene rings is 2. The van der Waals surface area contributed by atoms with Crippen molar-refractivity contribution in [3.8, 4) is 5.75 Å². The summed E-state index contributed by atoms with van der Waals surface area (Å²) in [6.07, 6.45) is 0.910. The molecule has 0 spiro atoms. The fraction of sp³-hybridized carbons (Fsp3) is 0.300. The van der Waals surface area contributed by atoms with Crippen LogP contribution in [0.3, 0.4) is 0 Å². The van der Waals surface area contributed by atoms with Gasteiger partial charge in [0.25, 0.3) is 0 Å². The molecule has 1 aliphatic heterocycles. The number of hydrogen-bond acceptors (Lipinski definition) is 3. The molecular weight excluding hydrogens is 316 g/mol. The molecule has 0 radical (unpaired) electrons. The number of para-hydroxylation sites is 2. The molecule has 1 aliphatic rings. The van der Waals surface area contributed by atoms with Crippen molar-refractivity contribution < 1.29 is 14.3 Å². The lowest BCUT2D eigenvalue weighted by molar-refractivity contribution is -0.140. The second kappa shape index (κ2) is 7.38. The van der Waals surface area contributed by atoms with Gasteiger partial charge in [0, 0.05) is 13.5 Å². The number of carbonyl (C=O) groups is 2. The van der Waals surface area contributed by atoms with Gasteiger partial charge >= 0.3 is 0 Å². The fourth-order valence-corrected chi connectivity index (χ4v) is 3.39. The average molecular weight is 338 g/mol. The largest absolute Gasteiger partial charge is 0.495 e. The number of nitrogens with one attached hydrogen (secondary N) is 1. The number of carbonyl (C=O) groups excluding carboxylic acids is 2. The number of methoxy groups -OCH3 is 1. The third-order valence-corrected chi connectivity index (χ3v) is 4.70. The Hall–Kier alpha value is -2.82. The molecule has 130 valence electrons. The summed E-state index contributed by atoms with van der Waals surface area (Å²) < 4.78 is 5.30. The Morgan fingerprint density at radius 3 is 2.52 bits per heavy atom. The third kappa shape index (κ3) is 3.50. The Morgan fingerprint density at radius 1 is 1.12 bits per heavy atom. The van der Waals surface area contributed by atoms with E-state index in [4.69, 9.17) is 4.74 Å². The predicted octanol–water partition coefficient (Wildman–Crippen LogP) is 3.24. The molecule has 5 heteroatoms. The molecule has 1 fully saturated rings. The van der Waals surface area contributed by atoms with Crippen LogP contribution in [0.25, 0.3) is 0 Å². The molecule has 25 heavy (non-hydrogen) atoms. The van der Waals surface area contributed by atoms with Crippen LogP contribution in [-0.2, 0) is 9.59 Å². The van der Waals surface area contributed by atoms with Gasteiger partial charge in [-0.05, 0) is 24.1 Å². The van der Waals surface area contributed by atoms with Gasteiger partial charge in [0.1, 0.15) is 5.75 Å². The normalized spacial score (nSPS) is 20.2. The van der Waals surface area contributed by atoms with E-state index in [9.17, 15) is 9.59 Å². The molecule has 3 rings (SSSR count). The van der Waals surface area contributed by atoms with Crippen LogP contribution in [0.4, 0.5) is 5.69 Å². The number of ether oxygens (including phenoxy) is 1. The summed E-state index contributed by atoms with van der Waals surface area (Å²) in [6, 6.07) is 16.8. The standard InChI is InChI=1S/C20H22N2O3/c1-22-18(23)13-12-15(19(22)14-8-4-3-5-9-14)20(24)21-16-10-6-7-11-17(16)25-2/h3-11,15,19H,12-13H2,1-2H3,(H,21,24)/t15-,19+/m1/s1. The van der Waals surface area contributed by atoms with Gasteiger partial charge in [-0.25, -0.2) is 0 Å². The van der Waals surface area contributed by atoms with Gasteiger partial charge in [-0.15, -0.1) is 0 Å². The number of anilines is 1. The van der Waals surface area contributed by atoms with E-state index in [0.717, 1.165) is 5.56 Å². The van der Waals surface area contributed by atoms with Gasteiger partial charge in [0.15, 0.2) is 0 Å². The monoisotopic (exact) mass is 338 g/mol. The average Bonchev–Trinajstić information content (AvgIpc) is 2.65. The zero-order chi connectivity index (χ0) is 17.8. The minimum absolute atomic E-state index is 0.0650. The summed E-state index contributed by atoms with van der Waals surface area (Å²) in [5.41, 5.74) is 1.61. The first-order valence-corrected chi connectivity index (χ1v) is 8.36. The van der Waals surface area contributed by atoms with Crippen molar-refractivity contribution in [3.05, 3.63) is 60.2 Å². The molecule has 2 amide bonds. The Labute approximate surface area is 147 Å². The SMILES string of the molecule is COc1ccccc1NC(=O)[C@@H]1CCC(=O)N(C)[C@H]1c1ccccc1. The second-order valence-electron chi connectivity index (χ2n) is 6.19. The van der Waals surface area contributed by atoms with Crippen LogP contribution in [0.1, 0.15) is 24.4 Å². The maximum atomic E-state index is 13.0. The van der Waals surface area contributed by atoms with Gasteiger partial charge < -0.3 is 15.0 Å². The lowest BCUT2D eigenvalue weighted by atomic mass is 9.84. The molecule has 1 saturated heterocycles. The van der Waals surface area contributed by atoms with Crippen LogP contribution in [-0.4, -0.2) is 30.9 Å². The maximum absolute atomic E-state index is 13.0. The molecule has 0 aromatic heterocycles. The van der Waals surface area contributed by atoms with Crippen molar-refractivity contribution in [2.45, 2.75) is 18.9 Å². The topological polar surface area (TPSA) is 58.6 Å². The zero-order valence-electron chi connectivity index (χ0n) is 14.4. The number of amides is 2. The van der Waals surface area contributed by atoms with Gasteiger partial charge in [-0.1, -0.05) is 42.5 Å². The van der Waals surface area contributed by atoms with E-state index < -0.39 is 0 Å². The number of nitrogens with zero attached hydrogens (tertiary/aromatic N) is 1. The summed E-state index contributed by atoms with van der Waals surface area (Å²) in [5.74, 6) is 0.273. The number of rotatable bonds is 4. The van der Waals surface area contributed by atoms with Crippen LogP contribution in [0.15, 0.2) is 54.6 Å².